The summed E-state index contributed by atoms with van der Waals surface area (Å²) in [6.07, 6.45) is 1.49. The fraction of sp³-hybridized carbons (Fsp3) is 0.667. The minimum Gasteiger partial charge on any atom is -0.354 e. The number of carbonyl (C=O) groups is 1. The molecule has 8 heteroatoms. The Hall–Kier alpha value is -1.38. The first-order valence-electron chi connectivity index (χ1n) is 7.56. The van der Waals surface area contributed by atoms with Crippen molar-refractivity contribution in [1.29, 1.82) is 0 Å². The molecule has 130 valence electrons. The molecule has 7 nitrogen and oxygen atoms in total. The summed E-state index contributed by atoms with van der Waals surface area (Å²) in [6.45, 7) is 8.69. The van der Waals surface area contributed by atoms with Gasteiger partial charge >= 0.3 is 0 Å². The second-order valence-corrected chi connectivity index (χ2v) is 9.35. The lowest BCUT2D eigenvalue weighted by molar-refractivity contribution is 0.0955. The molecule has 0 aromatic carbocycles. The van der Waals surface area contributed by atoms with Crippen molar-refractivity contribution in [2.45, 2.75) is 43.7 Å². The second kappa shape index (κ2) is 5.61. The summed E-state index contributed by atoms with van der Waals surface area (Å²) in [5, 5.41) is 5.97. The van der Waals surface area contributed by atoms with Crippen molar-refractivity contribution in [3.05, 3.63) is 18.0 Å². The molecule has 1 aromatic heterocycles. The average molecular weight is 342 g/mol. The Morgan fingerprint density at radius 2 is 1.74 bits per heavy atom. The van der Waals surface area contributed by atoms with Crippen LogP contribution in [0.15, 0.2) is 17.2 Å². The monoisotopic (exact) mass is 342 g/mol. The van der Waals surface area contributed by atoms with Gasteiger partial charge in [-0.3, -0.25) is 4.79 Å². The van der Waals surface area contributed by atoms with Gasteiger partial charge in [-0.25, -0.2) is 8.42 Å². The molecule has 0 atom stereocenters. The third-order valence-corrected chi connectivity index (χ3v) is 5.65. The van der Waals surface area contributed by atoms with Gasteiger partial charge in [0.05, 0.1) is 0 Å². The first-order chi connectivity index (χ1) is 10.4. The van der Waals surface area contributed by atoms with Gasteiger partial charge in [0.2, 0.25) is 10.0 Å². The highest BCUT2D eigenvalue weighted by Gasteiger charge is 2.42. The summed E-state index contributed by atoms with van der Waals surface area (Å²) < 4.78 is 29.0. The Labute approximate surface area is 138 Å². The molecule has 1 aromatic rings. The Balaban J connectivity index is 2.40. The topological polar surface area (TPSA) is 83.4 Å². The van der Waals surface area contributed by atoms with Gasteiger partial charge in [0, 0.05) is 44.5 Å². The largest absolute Gasteiger partial charge is 0.354 e. The Bertz CT molecular complexity index is 703. The number of sulfonamides is 1. The van der Waals surface area contributed by atoms with Gasteiger partial charge in [0.15, 0.2) is 0 Å². The van der Waals surface area contributed by atoms with E-state index in [0.29, 0.717) is 18.8 Å². The predicted molar refractivity (Wildman–Crippen MR) is 88.9 cm³/mol. The number of hydrogen-bond acceptors (Lipinski definition) is 4. The normalized spacial score (nSPS) is 21.1. The van der Waals surface area contributed by atoms with Crippen molar-refractivity contribution >= 4 is 15.9 Å². The lowest BCUT2D eigenvalue weighted by Gasteiger charge is -2.47. The summed E-state index contributed by atoms with van der Waals surface area (Å²) >= 11 is 0. The number of piperazine rings is 1. The molecule has 0 spiro atoms. The Kier molecular flexibility index (Phi) is 4.38. The van der Waals surface area contributed by atoms with E-state index in [2.05, 4.69) is 10.6 Å². The average Bonchev–Trinajstić information content (AvgIpc) is 2.77. The number of nitrogens with zero attached hydrogens (tertiary/aromatic N) is 2. The fourth-order valence-corrected chi connectivity index (χ4v) is 5.12. The molecule has 1 fully saturated rings. The van der Waals surface area contributed by atoms with E-state index in [-0.39, 0.29) is 21.9 Å². The van der Waals surface area contributed by atoms with Gasteiger partial charge in [-0.15, -0.1) is 0 Å². The van der Waals surface area contributed by atoms with E-state index in [1.54, 1.807) is 7.05 Å². The smallest absolute Gasteiger partial charge is 0.267 e. The molecule has 0 bridgehead atoms. The molecule has 0 aliphatic carbocycles. The van der Waals surface area contributed by atoms with Crippen molar-refractivity contribution in [1.82, 2.24) is 19.5 Å². The van der Waals surface area contributed by atoms with Crippen molar-refractivity contribution in [3.8, 4) is 0 Å². The van der Waals surface area contributed by atoms with Crippen LogP contribution in [0, 0.1) is 0 Å². The maximum absolute atomic E-state index is 13.0. The van der Waals surface area contributed by atoms with E-state index in [0.717, 1.165) is 0 Å². The quantitative estimate of drug-likeness (QED) is 0.840. The molecule has 23 heavy (non-hydrogen) atoms. The zero-order chi connectivity index (χ0) is 17.6. The predicted octanol–water partition coefficient (Wildman–Crippen LogP) is 0.536. The van der Waals surface area contributed by atoms with E-state index in [1.165, 1.54) is 28.2 Å². The number of nitrogens with one attached hydrogen (secondary N) is 2. The van der Waals surface area contributed by atoms with Gasteiger partial charge < -0.3 is 15.2 Å². The molecule has 1 saturated heterocycles. The van der Waals surface area contributed by atoms with Crippen LogP contribution in [-0.4, -0.2) is 54.4 Å². The molecule has 0 saturated carbocycles. The summed E-state index contributed by atoms with van der Waals surface area (Å²) in [7, 11) is -0.474. The van der Waals surface area contributed by atoms with E-state index in [4.69, 9.17) is 0 Å². The highest BCUT2D eigenvalue weighted by Crippen LogP contribution is 2.27. The first-order valence-corrected chi connectivity index (χ1v) is 9.00. The standard InChI is InChI=1S/C15H26N4O3S/c1-14(2)9-19(10-15(3,4)17-14)23(21,22)11-7-12(13(20)16-5)18(6)8-11/h7-8,17H,9-10H2,1-6H3,(H,16,20). The number of hydrogen-bond donors (Lipinski definition) is 2. The van der Waals surface area contributed by atoms with Crippen molar-refractivity contribution in [2.24, 2.45) is 7.05 Å². The first kappa shape index (κ1) is 18.0. The van der Waals surface area contributed by atoms with Crippen LogP contribution in [0.3, 0.4) is 0 Å². The third kappa shape index (κ3) is 3.59. The lowest BCUT2D eigenvalue weighted by atomic mass is 9.93. The van der Waals surface area contributed by atoms with Gasteiger partial charge in [0.1, 0.15) is 10.6 Å². The minimum absolute atomic E-state index is 0.145. The van der Waals surface area contributed by atoms with E-state index in [9.17, 15) is 13.2 Å². The van der Waals surface area contributed by atoms with Crippen LogP contribution in [-0.2, 0) is 17.1 Å². The van der Waals surface area contributed by atoms with Crippen molar-refractivity contribution in [2.75, 3.05) is 20.1 Å². The number of aryl methyl sites for hydroxylation is 1. The zero-order valence-corrected chi connectivity index (χ0v) is 15.4. The van der Waals surface area contributed by atoms with Crippen LogP contribution in [0.4, 0.5) is 0 Å². The molecule has 0 unspecified atom stereocenters. The summed E-state index contributed by atoms with van der Waals surface area (Å²) in [4.78, 5) is 12.0. The number of aromatic nitrogens is 1. The number of carbonyl (C=O) groups excluding carboxylic acids is 1. The SMILES string of the molecule is CNC(=O)c1cc(S(=O)(=O)N2CC(C)(C)NC(C)(C)C2)cn1C. The lowest BCUT2D eigenvalue weighted by Crippen LogP contribution is -2.67. The summed E-state index contributed by atoms with van der Waals surface area (Å²) in [5.74, 6) is -0.310. The molecule has 0 radical (unpaired) electrons. The van der Waals surface area contributed by atoms with Crippen molar-refractivity contribution < 1.29 is 13.2 Å². The molecule has 2 rings (SSSR count). The maximum atomic E-state index is 13.0. The molecule has 1 amide bonds. The van der Waals surface area contributed by atoms with E-state index in [1.807, 2.05) is 27.7 Å². The number of rotatable bonds is 3. The van der Waals surface area contributed by atoms with E-state index < -0.39 is 10.0 Å². The highest BCUT2D eigenvalue weighted by molar-refractivity contribution is 7.89. The zero-order valence-electron chi connectivity index (χ0n) is 14.6. The molecule has 1 aliphatic heterocycles. The summed E-state index contributed by atoms with van der Waals surface area (Å²) in [6, 6.07) is 1.43. The van der Waals surface area contributed by atoms with Crippen LogP contribution in [0.1, 0.15) is 38.2 Å². The summed E-state index contributed by atoms with van der Waals surface area (Å²) in [5.41, 5.74) is -0.333. The molecule has 2 N–H and O–H groups in total. The van der Waals surface area contributed by atoms with Gasteiger partial charge in [0.25, 0.3) is 5.91 Å². The van der Waals surface area contributed by atoms with Gasteiger partial charge in [-0.2, -0.15) is 4.31 Å². The third-order valence-electron chi connectivity index (χ3n) is 3.90. The Morgan fingerprint density at radius 1 is 1.22 bits per heavy atom. The molecular weight excluding hydrogens is 316 g/mol. The molecular formula is C15H26N4O3S. The fourth-order valence-electron chi connectivity index (χ4n) is 3.28. The Morgan fingerprint density at radius 3 is 2.22 bits per heavy atom. The molecule has 1 aliphatic rings. The maximum Gasteiger partial charge on any atom is 0.267 e. The number of amides is 1. The van der Waals surface area contributed by atoms with Crippen LogP contribution in [0.25, 0.3) is 0 Å². The highest BCUT2D eigenvalue weighted by atomic mass is 32.2. The van der Waals surface area contributed by atoms with Gasteiger partial charge in [-0.05, 0) is 33.8 Å². The van der Waals surface area contributed by atoms with Crippen LogP contribution in [0.5, 0.6) is 0 Å². The molecule has 2 heterocycles. The van der Waals surface area contributed by atoms with Crippen LogP contribution < -0.4 is 10.6 Å². The van der Waals surface area contributed by atoms with Crippen molar-refractivity contribution in [3.63, 3.8) is 0 Å². The second-order valence-electron chi connectivity index (χ2n) is 7.42. The van der Waals surface area contributed by atoms with E-state index >= 15 is 0 Å². The minimum atomic E-state index is -3.66. The van der Waals surface area contributed by atoms with Gasteiger partial charge in [-0.1, -0.05) is 0 Å². The van der Waals surface area contributed by atoms with Crippen LogP contribution in [0.2, 0.25) is 0 Å². The van der Waals surface area contributed by atoms with Crippen LogP contribution >= 0.6 is 0 Å².